The molecule has 0 saturated carbocycles. The van der Waals surface area contributed by atoms with Gasteiger partial charge in [0, 0.05) is 31.2 Å². The first kappa shape index (κ1) is 14.2. The minimum absolute atomic E-state index is 0.649. The molecule has 1 rings (SSSR count). The summed E-state index contributed by atoms with van der Waals surface area (Å²) < 4.78 is 5.13. The van der Waals surface area contributed by atoms with Crippen molar-refractivity contribution < 1.29 is 4.52 Å². The van der Waals surface area contributed by atoms with Gasteiger partial charge in [0.2, 0.25) is 0 Å². The largest absolute Gasteiger partial charge is 0.361 e. The normalized spacial score (nSPS) is 13.3. The van der Waals surface area contributed by atoms with Gasteiger partial charge in [-0.3, -0.25) is 0 Å². The van der Waals surface area contributed by atoms with Crippen LogP contribution in [0, 0.1) is 13.8 Å². The van der Waals surface area contributed by atoms with E-state index in [1.165, 1.54) is 12.0 Å². The molecule has 17 heavy (non-hydrogen) atoms. The summed E-state index contributed by atoms with van der Waals surface area (Å²) in [4.78, 5) is 2.38. The quantitative estimate of drug-likeness (QED) is 0.740. The van der Waals surface area contributed by atoms with Crippen LogP contribution in [0.2, 0.25) is 0 Å². The van der Waals surface area contributed by atoms with E-state index in [-0.39, 0.29) is 0 Å². The summed E-state index contributed by atoms with van der Waals surface area (Å²) in [5, 5.41) is 7.38. The summed E-state index contributed by atoms with van der Waals surface area (Å²) in [5.41, 5.74) is 2.18. The molecule has 0 aliphatic carbocycles. The van der Waals surface area contributed by atoms with Gasteiger partial charge in [-0.25, -0.2) is 0 Å². The van der Waals surface area contributed by atoms with Crippen LogP contribution in [0.3, 0.4) is 0 Å². The highest BCUT2D eigenvalue weighted by Crippen LogP contribution is 2.11. The summed E-state index contributed by atoms with van der Waals surface area (Å²) in [7, 11) is 2.17. The molecule has 0 spiro atoms. The molecule has 0 amide bonds. The fraction of sp³-hybridized carbons (Fsp3) is 0.769. The second kappa shape index (κ2) is 6.77. The molecule has 4 nitrogen and oxygen atoms in total. The standard InChI is InChI=1S/C13H25N3O/c1-6-10(2)16(5)8-7-14-9-13-11(3)15-17-12(13)4/h10,14H,6-9H2,1-5H3. The van der Waals surface area contributed by atoms with Gasteiger partial charge in [0.25, 0.3) is 0 Å². The Morgan fingerprint density at radius 2 is 2.12 bits per heavy atom. The average molecular weight is 239 g/mol. The molecule has 1 aromatic heterocycles. The van der Waals surface area contributed by atoms with Crippen molar-refractivity contribution in [3.63, 3.8) is 0 Å². The summed E-state index contributed by atoms with van der Waals surface area (Å²) in [5.74, 6) is 0.922. The van der Waals surface area contributed by atoms with Crippen molar-refractivity contribution in [1.29, 1.82) is 0 Å². The number of likely N-dealkylation sites (N-methyl/N-ethyl adjacent to an activating group) is 1. The van der Waals surface area contributed by atoms with Gasteiger partial charge in [-0.1, -0.05) is 12.1 Å². The highest BCUT2D eigenvalue weighted by Gasteiger charge is 2.09. The summed E-state index contributed by atoms with van der Waals surface area (Å²) in [6, 6.07) is 0.649. The molecule has 1 atom stereocenters. The first-order valence-electron chi connectivity index (χ1n) is 6.39. The van der Waals surface area contributed by atoms with Crippen molar-refractivity contribution in [2.45, 2.75) is 46.7 Å². The van der Waals surface area contributed by atoms with Crippen LogP contribution >= 0.6 is 0 Å². The molecule has 1 unspecified atom stereocenters. The molecule has 98 valence electrons. The van der Waals surface area contributed by atoms with Crippen LogP contribution in [0.25, 0.3) is 0 Å². The molecule has 1 N–H and O–H groups in total. The molecule has 1 aromatic rings. The zero-order valence-corrected chi connectivity index (χ0v) is 11.7. The van der Waals surface area contributed by atoms with Crippen LogP contribution in [0.1, 0.15) is 37.3 Å². The molecule has 0 radical (unpaired) electrons. The van der Waals surface area contributed by atoms with Crippen molar-refractivity contribution in [3.05, 3.63) is 17.0 Å². The maximum Gasteiger partial charge on any atom is 0.138 e. The lowest BCUT2D eigenvalue weighted by molar-refractivity contribution is 0.251. The number of nitrogens with one attached hydrogen (secondary N) is 1. The minimum atomic E-state index is 0.649. The SMILES string of the molecule is CCC(C)N(C)CCNCc1c(C)noc1C. The van der Waals surface area contributed by atoms with E-state index in [1.807, 2.05) is 13.8 Å². The number of hydrogen-bond donors (Lipinski definition) is 1. The zero-order chi connectivity index (χ0) is 12.8. The molecule has 0 aliphatic rings. The highest BCUT2D eigenvalue weighted by atomic mass is 16.5. The smallest absolute Gasteiger partial charge is 0.138 e. The Hall–Kier alpha value is -0.870. The predicted octanol–water partition coefficient (Wildman–Crippen LogP) is 2.11. The van der Waals surface area contributed by atoms with Crippen LogP contribution in [0.5, 0.6) is 0 Å². The molecular formula is C13H25N3O. The average Bonchev–Trinajstić information content (AvgIpc) is 2.64. The van der Waals surface area contributed by atoms with Crippen molar-refractivity contribution in [1.82, 2.24) is 15.4 Å². The van der Waals surface area contributed by atoms with Gasteiger partial charge < -0.3 is 14.7 Å². The molecule has 0 aliphatic heterocycles. The van der Waals surface area contributed by atoms with Crippen LogP contribution in [-0.2, 0) is 6.54 Å². The molecular weight excluding hydrogens is 214 g/mol. The second-order valence-corrected chi connectivity index (χ2v) is 4.72. The third-order valence-electron chi connectivity index (χ3n) is 3.47. The number of hydrogen-bond acceptors (Lipinski definition) is 4. The topological polar surface area (TPSA) is 41.3 Å². The zero-order valence-electron chi connectivity index (χ0n) is 11.7. The van der Waals surface area contributed by atoms with Crippen LogP contribution < -0.4 is 5.32 Å². The lowest BCUT2D eigenvalue weighted by atomic mass is 10.2. The fourth-order valence-electron chi connectivity index (χ4n) is 1.76. The van der Waals surface area contributed by atoms with Gasteiger partial charge in [-0.15, -0.1) is 0 Å². The summed E-state index contributed by atoms with van der Waals surface area (Å²) in [6.45, 7) is 11.3. The van der Waals surface area contributed by atoms with Crippen LogP contribution in [0.4, 0.5) is 0 Å². The minimum Gasteiger partial charge on any atom is -0.361 e. The maximum atomic E-state index is 5.13. The van der Waals surface area contributed by atoms with Crippen molar-refractivity contribution in [2.24, 2.45) is 0 Å². The van der Waals surface area contributed by atoms with E-state index in [0.717, 1.165) is 31.1 Å². The van der Waals surface area contributed by atoms with Crippen molar-refractivity contribution >= 4 is 0 Å². The van der Waals surface area contributed by atoms with Gasteiger partial charge in [0.1, 0.15) is 5.76 Å². The Balaban J connectivity index is 2.25. The first-order chi connectivity index (χ1) is 8.06. The molecule has 0 bridgehead atoms. The molecule has 0 saturated heterocycles. The fourth-order valence-corrected chi connectivity index (χ4v) is 1.76. The van der Waals surface area contributed by atoms with Gasteiger partial charge >= 0.3 is 0 Å². The second-order valence-electron chi connectivity index (χ2n) is 4.72. The van der Waals surface area contributed by atoms with Gasteiger partial charge in [-0.05, 0) is 34.2 Å². The third kappa shape index (κ3) is 4.13. The van der Waals surface area contributed by atoms with E-state index in [0.29, 0.717) is 6.04 Å². The van der Waals surface area contributed by atoms with E-state index < -0.39 is 0 Å². The molecule has 4 heteroatoms. The third-order valence-corrected chi connectivity index (χ3v) is 3.47. The molecule has 0 aromatic carbocycles. The van der Waals surface area contributed by atoms with Gasteiger partial charge in [0.15, 0.2) is 0 Å². The van der Waals surface area contributed by atoms with E-state index in [2.05, 4.69) is 36.3 Å². The Kier molecular flexibility index (Phi) is 5.65. The predicted molar refractivity (Wildman–Crippen MR) is 70.1 cm³/mol. The maximum absolute atomic E-state index is 5.13. The number of aryl methyl sites for hydroxylation is 2. The van der Waals surface area contributed by atoms with E-state index in [1.54, 1.807) is 0 Å². The van der Waals surface area contributed by atoms with Crippen molar-refractivity contribution in [2.75, 3.05) is 20.1 Å². The Morgan fingerprint density at radius 1 is 1.41 bits per heavy atom. The van der Waals surface area contributed by atoms with Gasteiger partial charge in [-0.2, -0.15) is 0 Å². The van der Waals surface area contributed by atoms with Gasteiger partial charge in [0.05, 0.1) is 5.69 Å². The molecule has 0 fully saturated rings. The summed E-state index contributed by atoms with van der Waals surface area (Å²) in [6.07, 6.45) is 1.19. The van der Waals surface area contributed by atoms with Crippen molar-refractivity contribution in [3.8, 4) is 0 Å². The van der Waals surface area contributed by atoms with E-state index in [4.69, 9.17) is 4.52 Å². The Labute approximate surface area is 104 Å². The Morgan fingerprint density at radius 3 is 2.65 bits per heavy atom. The van der Waals surface area contributed by atoms with Crippen LogP contribution in [-0.4, -0.2) is 36.2 Å². The lowest BCUT2D eigenvalue weighted by Crippen LogP contribution is -2.34. The number of nitrogens with zero attached hydrogens (tertiary/aromatic N) is 2. The summed E-state index contributed by atoms with van der Waals surface area (Å²) >= 11 is 0. The van der Waals surface area contributed by atoms with Crippen LogP contribution in [0.15, 0.2) is 4.52 Å². The molecule has 1 heterocycles. The van der Waals surface area contributed by atoms with E-state index >= 15 is 0 Å². The monoisotopic (exact) mass is 239 g/mol. The Bertz CT molecular complexity index is 316. The lowest BCUT2D eigenvalue weighted by Gasteiger charge is -2.23. The van der Waals surface area contributed by atoms with E-state index in [9.17, 15) is 0 Å². The number of rotatable bonds is 7. The number of aromatic nitrogens is 1. The first-order valence-corrected chi connectivity index (χ1v) is 6.39. The highest BCUT2D eigenvalue weighted by molar-refractivity contribution is 5.20.